The number of carbonyl (C=O) groups is 1. The number of esters is 1. The molecule has 1 N–H and O–H groups in total. The Kier molecular flexibility index (Phi) is 5.98. The zero-order chi connectivity index (χ0) is 13.5. The Morgan fingerprint density at radius 3 is 2.78 bits per heavy atom. The minimum absolute atomic E-state index is 0.175. The number of nitrogens with one attached hydrogen (secondary N) is 1. The number of methoxy groups -OCH3 is 1. The number of rotatable bonds is 6. The van der Waals surface area contributed by atoms with Crippen LogP contribution < -0.4 is 10.1 Å². The molecule has 0 saturated heterocycles. The van der Waals surface area contributed by atoms with E-state index in [2.05, 4.69) is 21.2 Å². The van der Waals surface area contributed by atoms with Crippen molar-refractivity contribution < 1.29 is 14.3 Å². The molecular formula is C13H18BrNO3. The molecular weight excluding hydrogens is 298 g/mol. The third-order valence-electron chi connectivity index (χ3n) is 2.45. The van der Waals surface area contributed by atoms with E-state index in [0.717, 1.165) is 15.9 Å². The van der Waals surface area contributed by atoms with Crippen LogP contribution in [0.4, 0.5) is 5.69 Å². The predicted molar refractivity (Wildman–Crippen MR) is 75.0 cm³/mol. The smallest absolute Gasteiger partial charge is 0.310 e. The summed E-state index contributed by atoms with van der Waals surface area (Å²) >= 11 is 3.41. The van der Waals surface area contributed by atoms with E-state index in [0.29, 0.717) is 13.2 Å². The SMILES string of the molecule is CCOC(=O)C(C)CNc1ccc(OC)c(Br)c1. The van der Waals surface area contributed by atoms with Gasteiger partial charge in [0.25, 0.3) is 0 Å². The average molecular weight is 316 g/mol. The van der Waals surface area contributed by atoms with Crippen LogP contribution in [0.2, 0.25) is 0 Å². The lowest BCUT2D eigenvalue weighted by atomic mass is 10.2. The number of anilines is 1. The van der Waals surface area contributed by atoms with Gasteiger partial charge in [-0.05, 0) is 41.1 Å². The molecule has 0 spiro atoms. The molecule has 0 aromatic heterocycles. The Balaban J connectivity index is 2.53. The number of halogens is 1. The third-order valence-corrected chi connectivity index (χ3v) is 3.07. The van der Waals surface area contributed by atoms with Crippen LogP contribution in [0, 0.1) is 5.92 Å². The number of hydrogen-bond donors (Lipinski definition) is 1. The van der Waals surface area contributed by atoms with E-state index < -0.39 is 0 Å². The molecule has 0 saturated carbocycles. The van der Waals surface area contributed by atoms with Crippen LogP contribution in [0.5, 0.6) is 5.75 Å². The summed E-state index contributed by atoms with van der Waals surface area (Å²) in [4.78, 5) is 11.4. The van der Waals surface area contributed by atoms with Crippen LogP contribution in [0.15, 0.2) is 22.7 Å². The molecule has 0 fully saturated rings. The summed E-state index contributed by atoms with van der Waals surface area (Å²) in [6.07, 6.45) is 0. The lowest BCUT2D eigenvalue weighted by molar-refractivity contribution is -0.146. The largest absolute Gasteiger partial charge is 0.496 e. The van der Waals surface area contributed by atoms with Gasteiger partial charge in [0.05, 0.1) is 24.1 Å². The zero-order valence-corrected chi connectivity index (χ0v) is 12.4. The molecule has 0 radical (unpaired) electrons. The highest BCUT2D eigenvalue weighted by atomic mass is 79.9. The summed E-state index contributed by atoms with van der Waals surface area (Å²) < 4.78 is 11.0. The van der Waals surface area contributed by atoms with Gasteiger partial charge in [-0.1, -0.05) is 6.92 Å². The first-order valence-corrected chi connectivity index (χ1v) is 6.61. The van der Waals surface area contributed by atoms with Gasteiger partial charge in [0, 0.05) is 12.2 Å². The molecule has 0 heterocycles. The molecule has 100 valence electrons. The number of hydrogen-bond acceptors (Lipinski definition) is 4. The van der Waals surface area contributed by atoms with Crippen LogP contribution in [-0.2, 0) is 9.53 Å². The fourth-order valence-corrected chi connectivity index (χ4v) is 1.96. The Bertz CT molecular complexity index is 409. The highest BCUT2D eigenvalue weighted by Crippen LogP contribution is 2.27. The minimum atomic E-state index is -0.183. The van der Waals surface area contributed by atoms with Gasteiger partial charge < -0.3 is 14.8 Å². The standard InChI is InChI=1S/C13H18BrNO3/c1-4-18-13(16)9(2)8-15-10-5-6-12(17-3)11(14)7-10/h5-7,9,15H,4,8H2,1-3H3. The van der Waals surface area contributed by atoms with E-state index in [1.165, 1.54) is 0 Å². The third kappa shape index (κ3) is 4.22. The summed E-state index contributed by atoms with van der Waals surface area (Å²) in [6, 6.07) is 5.68. The average Bonchev–Trinajstić information content (AvgIpc) is 2.36. The second-order valence-electron chi connectivity index (χ2n) is 3.88. The van der Waals surface area contributed by atoms with Gasteiger partial charge in [0.1, 0.15) is 5.75 Å². The van der Waals surface area contributed by atoms with Gasteiger partial charge in [0.2, 0.25) is 0 Å². The second-order valence-corrected chi connectivity index (χ2v) is 4.74. The van der Waals surface area contributed by atoms with E-state index in [1.807, 2.05) is 25.1 Å². The van der Waals surface area contributed by atoms with Crippen molar-refractivity contribution in [1.82, 2.24) is 0 Å². The van der Waals surface area contributed by atoms with E-state index in [1.54, 1.807) is 14.0 Å². The number of ether oxygens (including phenoxy) is 2. The molecule has 0 aliphatic rings. The van der Waals surface area contributed by atoms with Crippen LogP contribution in [0.1, 0.15) is 13.8 Å². The molecule has 0 bridgehead atoms. The van der Waals surface area contributed by atoms with E-state index in [4.69, 9.17) is 9.47 Å². The minimum Gasteiger partial charge on any atom is -0.496 e. The summed E-state index contributed by atoms with van der Waals surface area (Å²) in [5.74, 6) is 0.419. The van der Waals surface area contributed by atoms with Gasteiger partial charge in [-0.15, -0.1) is 0 Å². The normalized spacial score (nSPS) is 11.8. The maximum Gasteiger partial charge on any atom is 0.310 e. The summed E-state index contributed by atoms with van der Waals surface area (Å²) in [5.41, 5.74) is 0.929. The quantitative estimate of drug-likeness (QED) is 0.820. The van der Waals surface area contributed by atoms with Gasteiger partial charge in [-0.2, -0.15) is 0 Å². The lowest BCUT2D eigenvalue weighted by Gasteiger charge is -2.13. The van der Waals surface area contributed by atoms with E-state index in [-0.39, 0.29) is 11.9 Å². The summed E-state index contributed by atoms with van der Waals surface area (Å²) in [7, 11) is 1.62. The molecule has 18 heavy (non-hydrogen) atoms. The molecule has 0 aliphatic heterocycles. The molecule has 1 atom stereocenters. The molecule has 1 aromatic carbocycles. The maximum atomic E-state index is 11.4. The summed E-state index contributed by atoms with van der Waals surface area (Å²) in [6.45, 7) is 4.59. The van der Waals surface area contributed by atoms with Crippen molar-refractivity contribution in [2.24, 2.45) is 5.92 Å². The molecule has 1 rings (SSSR count). The lowest BCUT2D eigenvalue weighted by Crippen LogP contribution is -2.22. The van der Waals surface area contributed by atoms with Crippen LogP contribution in [-0.4, -0.2) is 26.2 Å². The Morgan fingerprint density at radius 2 is 2.22 bits per heavy atom. The van der Waals surface area contributed by atoms with Crippen molar-refractivity contribution in [3.8, 4) is 5.75 Å². The topological polar surface area (TPSA) is 47.6 Å². The van der Waals surface area contributed by atoms with Crippen LogP contribution >= 0.6 is 15.9 Å². The molecule has 5 heteroatoms. The number of benzene rings is 1. The van der Waals surface area contributed by atoms with Crippen molar-refractivity contribution in [3.05, 3.63) is 22.7 Å². The first-order valence-electron chi connectivity index (χ1n) is 5.82. The van der Waals surface area contributed by atoms with Gasteiger partial charge >= 0.3 is 5.97 Å². The van der Waals surface area contributed by atoms with E-state index >= 15 is 0 Å². The Morgan fingerprint density at radius 1 is 1.50 bits per heavy atom. The van der Waals surface area contributed by atoms with Gasteiger partial charge in [-0.25, -0.2) is 0 Å². The highest BCUT2D eigenvalue weighted by Gasteiger charge is 2.13. The van der Waals surface area contributed by atoms with Crippen molar-refractivity contribution in [2.75, 3.05) is 25.6 Å². The summed E-state index contributed by atoms with van der Waals surface area (Å²) in [5, 5.41) is 3.19. The maximum absolute atomic E-state index is 11.4. The van der Waals surface area contributed by atoms with Crippen molar-refractivity contribution in [1.29, 1.82) is 0 Å². The molecule has 1 aromatic rings. The first-order chi connectivity index (χ1) is 8.58. The van der Waals surface area contributed by atoms with Crippen LogP contribution in [0.25, 0.3) is 0 Å². The van der Waals surface area contributed by atoms with Crippen molar-refractivity contribution in [3.63, 3.8) is 0 Å². The van der Waals surface area contributed by atoms with Crippen molar-refractivity contribution >= 4 is 27.6 Å². The fourth-order valence-electron chi connectivity index (χ4n) is 1.42. The number of carbonyl (C=O) groups excluding carboxylic acids is 1. The second kappa shape index (κ2) is 7.26. The monoisotopic (exact) mass is 315 g/mol. The Labute approximate surface area is 116 Å². The Hall–Kier alpha value is -1.23. The van der Waals surface area contributed by atoms with Gasteiger partial charge in [-0.3, -0.25) is 4.79 Å². The molecule has 0 amide bonds. The van der Waals surface area contributed by atoms with Gasteiger partial charge in [0.15, 0.2) is 0 Å². The van der Waals surface area contributed by atoms with Crippen LogP contribution in [0.3, 0.4) is 0 Å². The molecule has 1 unspecified atom stereocenters. The highest BCUT2D eigenvalue weighted by molar-refractivity contribution is 9.10. The van der Waals surface area contributed by atoms with E-state index in [9.17, 15) is 4.79 Å². The fraction of sp³-hybridized carbons (Fsp3) is 0.462. The van der Waals surface area contributed by atoms with Crippen molar-refractivity contribution in [2.45, 2.75) is 13.8 Å². The zero-order valence-electron chi connectivity index (χ0n) is 10.8. The molecule has 0 aliphatic carbocycles. The first kappa shape index (κ1) is 14.8. The molecule has 4 nitrogen and oxygen atoms in total. The predicted octanol–water partition coefficient (Wildman–Crippen LogP) is 3.07.